The van der Waals surface area contributed by atoms with E-state index in [2.05, 4.69) is 24.5 Å². The summed E-state index contributed by atoms with van der Waals surface area (Å²) in [6.45, 7) is 7.38. The number of rotatable bonds is 9. The van der Waals surface area contributed by atoms with Gasteiger partial charge in [0.2, 0.25) is 0 Å². The lowest BCUT2D eigenvalue weighted by Gasteiger charge is -2.30. The zero-order chi connectivity index (χ0) is 19.8. The van der Waals surface area contributed by atoms with Crippen molar-refractivity contribution in [2.75, 3.05) is 26.9 Å². The van der Waals surface area contributed by atoms with Gasteiger partial charge in [0, 0.05) is 12.8 Å². The van der Waals surface area contributed by atoms with Crippen molar-refractivity contribution >= 4 is 23.3 Å². The second kappa shape index (κ2) is 10.3. The van der Waals surface area contributed by atoms with Gasteiger partial charge in [0.05, 0.1) is 24.8 Å². The molecule has 1 aliphatic rings. The third-order valence-corrected chi connectivity index (χ3v) is 4.41. The summed E-state index contributed by atoms with van der Waals surface area (Å²) in [6, 6.07) is 7.31. The Labute approximate surface area is 166 Å². The first-order valence-electron chi connectivity index (χ1n) is 9.09. The predicted molar refractivity (Wildman–Crippen MR) is 109 cm³/mol. The average Bonchev–Trinajstić information content (AvgIpc) is 2.61. The number of benzene rings is 1. The van der Waals surface area contributed by atoms with Crippen LogP contribution in [-0.4, -0.2) is 38.0 Å². The van der Waals surface area contributed by atoms with Gasteiger partial charge in [-0.15, -0.1) is 0 Å². The molecule has 7 heteroatoms. The molecule has 1 atom stereocenters. The van der Waals surface area contributed by atoms with Gasteiger partial charge in [-0.25, -0.2) is 4.79 Å². The van der Waals surface area contributed by atoms with Gasteiger partial charge in [-0.1, -0.05) is 26.0 Å². The Morgan fingerprint density at radius 1 is 1.19 bits per heavy atom. The number of carbonyl (C=O) groups excluding carboxylic acids is 1. The fourth-order valence-electron chi connectivity index (χ4n) is 2.68. The second-order valence-corrected chi connectivity index (χ2v) is 7.21. The Kier molecular flexibility index (Phi) is 8.06. The summed E-state index contributed by atoms with van der Waals surface area (Å²) >= 11 is 5.26. The second-order valence-electron chi connectivity index (χ2n) is 6.80. The van der Waals surface area contributed by atoms with E-state index in [0.29, 0.717) is 35.5 Å². The normalized spacial score (nSPS) is 16.8. The molecular weight excluding hydrogens is 364 g/mol. The fourth-order valence-corrected chi connectivity index (χ4v) is 2.95. The molecule has 6 nitrogen and oxygen atoms in total. The van der Waals surface area contributed by atoms with Gasteiger partial charge in [0.15, 0.2) is 5.11 Å². The largest absolute Gasteiger partial charge is 0.494 e. The number of methoxy groups -OCH3 is 1. The van der Waals surface area contributed by atoms with Crippen LogP contribution < -0.4 is 15.4 Å². The van der Waals surface area contributed by atoms with Gasteiger partial charge in [0.25, 0.3) is 0 Å². The summed E-state index contributed by atoms with van der Waals surface area (Å²) in [5, 5.41) is 6.62. The molecule has 0 radical (unpaired) electrons. The van der Waals surface area contributed by atoms with Crippen LogP contribution in [0, 0.1) is 5.92 Å². The van der Waals surface area contributed by atoms with Crippen molar-refractivity contribution in [3.8, 4) is 5.75 Å². The van der Waals surface area contributed by atoms with E-state index in [0.717, 1.165) is 17.7 Å². The summed E-state index contributed by atoms with van der Waals surface area (Å²) in [6.07, 6.45) is 1.01. The van der Waals surface area contributed by atoms with Crippen molar-refractivity contribution in [2.24, 2.45) is 5.92 Å². The Hall–Kier alpha value is -2.12. The number of thiocarbonyl (C=S) groups is 1. The lowest BCUT2D eigenvalue weighted by molar-refractivity contribution is -0.140. The summed E-state index contributed by atoms with van der Waals surface area (Å²) < 4.78 is 16.0. The first kappa shape index (κ1) is 21.2. The highest BCUT2D eigenvalue weighted by Gasteiger charge is 2.30. The fraction of sp³-hybridized carbons (Fsp3) is 0.500. The summed E-state index contributed by atoms with van der Waals surface area (Å²) in [5.74, 6) is 1.01. The number of allylic oxidation sites excluding steroid dienone is 1. The van der Waals surface area contributed by atoms with Crippen molar-refractivity contribution in [1.29, 1.82) is 0 Å². The topological polar surface area (TPSA) is 68.8 Å². The van der Waals surface area contributed by atoms with Gasteiger partial charge in [-0.3, -0.25) is 0 Å². The van der Waals surface area contributed by atoms with Crippen molar-refractivity contribution in [2.45, 2.75) is 33.2 Å². The molecule has 0 unspecified atom stereocenters. The van der Waals surface area contributed by atoms with Crippen molar-refractivity contribution < 1.29 is 19.0 Å². The molecule has 27 heavy (non-hydrogen) atoms. The Balaban J connectivity index is 2.14. The first-order chi connectivity index (χ1) is 12.9. The quantitative estimate of drug-likeness (QED) is 0.380. The highest BCUT2D eigenvalue weighted by molar-refractivity contribution is 7.80. The van der Waals surface area contributed by atoms with Crippen LogP contribution in [0.4, 0.5) is 0 Å². The molecule has 2 rings (SSSR count). The summed E-state index contributed by atoms with van der Waals surface area (Å²) in [5.41, 5.74) is 2.10. The van der Waals surface area contributed by atoms with E-state index < -0.39 is 5.97 Å². The van der Waals surface area contributed by atoms with Crippen LogP contribution in [-0.2, 0) is 14.3 Å². The zero-order valence-electron chi connectivity index (χ0n) is 16.3. The van der Waals surface area contributed by atoms with Crippen LogP contribution >= 0.6 is 12.2 Å². The molecule has 0 saturated heterocycles. The van der Waals surface area contributed by atoms with Gasteiger partial charge in [0.1, 0.15) is 12.4 Å². The Bertz CT molecular complexity index is 686. The van der Waals surface area contributed by atoms with Crippen LogP contribution in [0.3, 0.4) is 0 Å². The molecular formula is C20H28N2O4S. The molecule has 148 valence electrons. The molecule has 1 aliphatic heterocycles. The molecule has 1 heterocycles. The first-order valence-corrected chi connectivity index (χ1v) is 9.50. The lowest BCUT2D eigenvalue weighted by Crippen LogP contribution is -2.45. The minimum Gasteiger partial charge on any atom is -0.494 e. The van der Waals surface area contributed by atoms with Gasteiger partial charge in [-0.05, 0) is 49.2 Å². The Morgan fingerprint density at radius 2 is 1.89 bits per heavy atom. The molecule has 1 aromatic rings. The molecule has 0 aliphatic carbocycles. The standard InChI is InChI=1S/C20H28N2O4S/c1-13(2)9-10-25-16-7-5-15(6-8-16)18-17(14(3)21-20(27)22-18)19(23)26-12-11-24-4/h5-8,13,18H,9-12H2,1-4H3,(H2,21,22,27)/t18-/m0/s1. The van der Waals surface area contributed by atoms with Gasteiger partial charge < -0.3 is 24.8 Å². The monoisotopic (exact) mass is 392 g/mol. The highest BCUT2D eigenvalue weighted by Crippen LogP contribution is 2.29. The molecule has 2 N–H and O–H groups in total. The van der Waals surface area contributed by atoms with E-state index in [4.69, 9.17) is 26.4 Å². The van der Waals surface area contributed by atoms with Crippen LogP contribution in [0.1, 0.15) is 38.8 Å². The molecule has 0 amide bonds. The van der Waals surface area contributed by atoms with Gasteiger partial charge >= 0.3 is 5.97 Å². The molecule has 1 aromatic carbocycles. The van der Waals surface area contributed by atoms with E-state index in [1.807, 2.05) is 31.2 Å². The predicted octanol–water partition coefficient (Wildman–Crippen LogP) is 3.09. The Morgan fingerprint density at radius 3 is 2.52 bits per heavy atom. The average molecular weight is 393 g/mol. The molecule has 0 bridgehead atoms. The van der Waals surface area contributed by atoms with Crippen molar-refractivity contribution in [1.82, 2.24) is 10.6 Å². The minimum absolute atomic E-state index is 0.200. The SMILES string of the molecule is COCCOC(=O)C1=C(C)NC(=S)N[C@H]1c1ccc(OCCC(C)C)cc1. The number of nitrogens with one attached hydrogen (secondary N) is 2. The minimum atomic E-state index is -0.394. The van der Waals surface area contributed by atoms with E-state index in [-0.39, 0.29) is 12.6 Å². The van der Waals surface area contributed by atoms with Crippen LogP contribution in [0.25, 0.3) is 0 Å². The molecule has 0 fully saturated rings. The lowest BCUT2D eigenvalue weighted by atomic mass is 9.95. The number of ether oxygens (including phenoxy) is 3. The van der Waals surface area contributed by atoms with Gasteiger partial charge in [-0.2, -0.15) is 0 Å². The smallest absolute Gasteiger partial charge is 0.338 e. The maximum absolute atomic E-state index is 12.6. The third-order valence-electron chi connectivity index (χ3n) is 4.19. The van der Waals surface area contributed by atoms with Crippen molar-refractivity contribution in [3.63, 3.8) is 0 Å². The van der Waals surface area contributed by atoms with Crippen LogP contribution in [0.5, 0.6) is 5.75 Å². The number of esters is 1. The zero-order valence-corrected chi connectivity index (χ0v) is 17.2. The van der Waals surface area contributed by atoms with E-state index >= 15 is 0 Å². The number of hydrogen-bond donors (Lipinski definition) is 2. The molecule has 0 spiro atoms. The highest BCUT2D eigenvalue weighted by atomic mass is 32.1. The maximum Gasteiger partial charge on any atom is 0.338 e. The van der Waals surface area contributed by atoms with Crippen LogP contribution in [0.15, 0.2) is 35.5 Å². The summed E-state index contributed by atoms with van der Waals surface area (Å²) in [7, 11) is 1.56. The molecule has 0 saturated carbocycles. The van der Waals surface area contributed by atoms with E-state index in [1.54, 1.807) is 7.11 Å². The summed E-state index contributed by atoms with van der Waals surface area (Å²) in [4.78, 5) is 12.6. The number of carbonyl (C=O) groups is 1. The van der Waals surface area contributed by atoms with Crippen LogP contribution in [0.2, 0.25) is 0 Å². The van der Waals surface area contributed by atoms with E-state index in [9.17, 15) is 4.79 Å². The van der Waals surface area contributed by atoms with Crippen molar-refractivity contribution in [3.05, 3.63) is 41.1 Å². The third kappa shape index (κ3) is 6.22. The maximum atomic E-state index is 12.6. The molecule has 0 aromatic heterocycles. The van der Waals surface area contributed by atoms with E-state index in [1.165, 1.54) is 0 Å². The number of hydrogen-bond acceptors (Lipinski definition) is 5.